The van der Waals surface area contributed by atoms with Crippen LogP contribution in [0.4, 0.5) is 13.2 Å². The molecule has 2 fully saturated rings. The lowest BCUT2D eigenvalue weighted by Gasteiger charge is -2.26. The number of carbonyl (C=O) groups excluding carboxylic acids is 1. The fourth-order valence-corrected chi connectivity index (χ4v) is 3.91. The molecule has 5 nitrogen and oxygen atoms in total. The first-order valence-corrected chi connectivity index (χ1v) is 9.16. The van der Waals surface area contributed by atoms with Gasteiger partial charge in [-0.3, -0.25) is 4.79 Å². The van der Waals surface area contributed by atoms with Gasteiger partial charge in [0, 0.05) is 19.5 Å². The Kier molecular flexibility index (Phi) is 5.67. The Labute approximate surface area is 156 Å². The highest BCUT2D eigenvalue weighted by molar-refractivity contribution is 5.82. The predicted molar refractivity (Wildman–Crippen MR) is 93.2 cm³/mol. The van der Waals surface area contributed by atoms with Crippen molar-refractivity contribution >= 4 is 5.91 Å². The third-order valence-corrected chi connectivity index (χ3v) is 5.57. The monoisotopic (exact) mass is 386 g/mol. The number of piperidine rings is 1. The topological polar surface area (TPSA) is 61.8 Å². The highest BCUT2D eigenvalue weighted by atomic mass is 19.4. The van der Waals surface area contributed by atoms with Crippen molar-refractivity contribution in [3.63, 3.8) is 0 Å². The Bertz CT molecular complexity index is 674. The van der Waals surface area contributed by atoms with E-state index < -0.39 is 17.8 Å². The van der Waals surface area contributed by atoms with Crippen LogP contribution < -0.4 is 10.1 Å². The van der Waals surface area contributed by atoms with Gasteiger partial charge in [-0.15, -0.1) is 0 Å². The third-order valence-electron chi connectivity index (χ3n) is 5.57. The normalized spacial score (nSPS) is 22.3. The molecule has 2 N–H and O–H groups in total. The van der Waals surface area contributed by atoms with Crippen molar-refractivity contribution in [1.82, 2.24) is 10.2 Å². The second kappa shape index (κ2) is 7.67. The maximum Gasteiger partial charge on any atom is 0.419 e. The zero-order valence-corrected chi connectivity index (χ0v) is 15.3. The lowest BCUT2D eigenvalue weighted by molar-refractivity contribution is -0.139. The second-order valence-corrected chi connectivity index (χ2v) is 7.55. The summed E-state index contributed by atoms with van der Waals surface area (Å²) in [6.45, 7) is 1.55. The summed E-state index contributed by atoms with van der Waals surface area (Å²) in [5.41, 5.74) is -0.781. The number of ether oxygens (including phenoxy) is 1. The molecule has 1 aromatic rings. The molecule has 0 unspecified atom stereocenters. The minimum absolute atomic E-state index is 0.00774. The number of hydrogen-bond donors (Lipinski definition) is 2. The van der Waals surface area contributed by atoms with Crippen LogP contribution in [0.3, 0.4) is 0 Å². The van der Waals surface area contributed by atoms with Crippen molar-refractivity contribution in [3.8, 4) is 5.75 Å². The maximum atomic E-state index is 13.0. The number of carbonyl (C=O) groups is 1. The molecule has 1 aliphatic heterocycles. The summed E-state index contributed by atoms with van der Waals surface area (Å²) in [5.74, 6) is -0.343. The van der Waals surface area contributed by atoms with E-state index in [1.54, 1.807) is 7.05 Å². The average Bonchev–Trinajstić information content (AvgIpc) is 3.32. The number of halogens is 3. The molecular formula is C19H25F3N2O3. The van der Waals surface area contributed by atoms with E-state index in [0.717, 1.165) is 38.4 Å². The number of para-hydroxylation sites is 1. The van der Waals surface area contributed by atoms with Crippen LogP contribution in [0.15, 0.2) is 24.3 Å². The number of likely N-dealkylation sites (N-methyl/N-ethyl adjacent to an activating group) is 1. The van der Waals surface area contributed by atoms with Gasteiger partial charge in [0.2, 0.25) is 5.91 Å². The van der Waals surface area contributed by atoms with E-state index in [0.29, 0.717) is 0 Å². The number of amides is 1. The molecule has 0 aromatic heterocycles. The van der Waals surface area contributed by atoms with Gasteiger partial charge < -0.3 is 20.1 Å². The van der Waals surface area contributed by atoms with Crippen molar-refractivity contribution in [1.29, 1.82) is 0 Å². The maximum absolute atomic E-state index is 13.0. The molecule has 8 heteroatoms. The zero-order chi connectivity index (χ0) is 19.7. The van der Waals surface area contributed by atoms with E-state index in [1.165, 1.54) is 23.1 Å². The molecule has 1 saturated carbocycles. The second-order valence-electron chi connectivity index (χ2n) is 7.55. The van der Waals surface area contributed by atoms with E-state index in [2.05, 4.69) is 5.32 Å². The lowest BCUT2D eigenvalue weighted by Crippen LogP contribution is -2.39. The smallest absolute Gasteiger partial charge is 0.419 e. The number of aliphatic hydroxyl groups excluding tert-OH is 1. The summed E-state index contributed by atoms with van der Waals surface area (Å²) >= 11 is 0. The van der Waals surface area contributed by atoms with Gasteiger partial charge in [-0.1, -0.05) is 12.1 Å². The standard InChI is InChI=1S/C19H25F3N2O3/c1-24(17(26)15-10-18(15)6-8-23-9-7-18)11-13(25)12-27-16-5-3-2-4-14(16)19(20,21)22/h2-5,13,15,23,25H,6-12H2,1H3/t13-,15+/m1/s1. The quantitative estimate of drug-likeness (QED) is 0.788. The van der Waals surface area contributed by atoms with Crippen molar-refractivity contribution in [2.24, 2.45) is 11.3 Å². The summed E-state index contributed by atoms with van der Waals surface area (Å²) in [4.78, 5) is 14.0. The third kappa shape index (κ3) is 4.55. The molecule has 1 saturated heterocycles. The minimum Gasteiger partial charge on any atom is -0.490 e. The SMILES string of the molecule is CN(C[C@@H](O)COc1ccccc1C(F)(F)F)C(=O)[C@@H]1CC12CCNCC2. The molecule has 2 atom stereocenters. The minimum atomic E-state index is -4.52. The highest BCUT2D eigenvalue weighted by Crippen LogP contribution is 2.59. The number of rotatable bonds is 6. The van der Waals surface area contributed by atoms with Crippen LogP contribution in [0, 0.1) is 11.3 Å². The van der Waals surface area contributed by atoms with Gasteiger partial charge in [0.25, 0.3) is 0 Å². The number of aliphatic hydroxyl groups is 1. The first kappa shape index (κ1) is 19.9. The highest BCUT2D eigenvalue weighted by Gasteiger charge is 2.58. The molecular weight excluding hydrogens is 361 g/mol. The first-order chi connectivity index (χ1) is 12.7. The van der Waals surface area contributed by atoms with Gasteiger partial charge in [-0.05, 0) is 49.9 Å². The van der Waals surface area contributed by atoms with Gasteiger partial charge in [0.05, 0.1) is 5.56 Å². The number of nitrogens with zero attached hydrogens (tertiary/aromatic N) is 1. The molecule has 1 aromatic carbocycles. The summed E-state index contributed by atoms with van der Waals surface area (Å²) in [5, 5.41) is 13.4. The van der Waals surface area contributed by atoms with Gasteiger partial charge in [0.1, 0.15) is 18.5 Å². The predicted octanol–water partition coefficient (Wildman–Crippen LogP) is 2.29. The summed E-state index contributed by atoms with van der Waals surface area (Å²) in [7, 11) is 1.61. The van der Waals surface area contributed by atoms with Crippen molar-refractivity contribution < 1.29 is 27.8 Å². The molecule has 3 rings (SSSR count). The van der Waals surface area contributed by atoms with Crippen LogP contribution >= 0.6 is 0 Å². The number of nitrogens with one attached hydrogen (secondary N) is 1. The number of alkyl halides is 3. The molecule has 1 spiro atoms. The molecule has 1 amide bonds. The zero-order valence-electron chi connectivity index (χ0n) is 15.3. The van der Waals surface area contributed by atoms with Crippen LogP contribution in [0.1, 0.15) is 24.8 Å². The molecule has 150 valence electrons. The van der Waals surface area contributed by atoms with Crippen LogP contribution in [-0.4, -0.2) is 55.3 Å². The Morgan fingerprint density at radius 3 is 2.70 bits per heavy atom. The number of benzene rings is 1. The van der Waals surface area contributed by atoms with Crippen molar-refractivity contribution in [2.45, 2.75) is 31.5 Å². The van der Waals surface area contributed by atoms with E-state index in [4.69, 9.17) is 4.74 Å². The van der Waals surface area contributed by atoms with Crippen molar-refractivity contribution in [2.75, 3.05) is 33.3 Å². The summed E-state index contributed by atoms with van der Waals surface area (Å²) < 4.78 is 44.1. The Morgan fingerprint density at radius 1 is 1.37 bits per heavy atom. The van der Waals surface area contributed by atoms with E-state index in [1.807, 2.05) is 0 Å². The fraction of sp³-hybridized carbons (Fsp3) is 0.632. The average molecular weight is 386 g/mol. The molecule has 1 heterocycles. The Balaban J connectivity index is 1.50. The Morgan fingerprint density at radius 2 is 2.04 bits per heavy atom. The molecule has 1 aliphatic carbocycles. The van der Waals surface area contributed by atoms with Crippen molar-refractivity contribution in [3.05, 3.63) is 29.8 Å². The Hall–Kier alpha value is -1.80. The molecule has 27 heavy (non-hydrogen) atoms. The van der Waals surface area contributed by atoms with Crippen LogP contribution in [0.25, 0.3) is 0 Å². The van der Waals surface area contributed by atoms with Gasteiger partial charge in [0.15, 0.2) is 0 Å². The first-order valence-electron chi connectivity index (χ1n) is 9.16. The number of hydrogen-bond acceptors (Lipinski definition) is 4. The summed E-state index contributed by atoms with van der Waals surface area (Å²) in [6.07, 6.45) is -2.75. The van der Waals surface area contributed by atoms with E-state index >= 15 is 0 Å². The van der Waals surface area contributed by atoms with Crippen LogP contribution in [0.5, 0.6) is 5.75 Å². The van der Waals surface area contributed by atoms with Gasteiger partial charge in [-0.2, -0.15) is 13.2 Å². The van der Waals surface area contributed by atoms with Gasteiger partial charge in [-0.25, -0.2) is 0 Å². The molecule has 2 aliphatic rings. The van der Waals surface area contributed by atoms with E-state index in [9.17, 15) is 23.1 Å². The molecule has 0 radical (unpaired) electrons. The van der Waals surface area contributed by atoms with Gasteiger partial charge >= 0.3 is 6.18 Å². The molecule has 0 bridgehead atoms. The fourth-order valence-electron chi connectivity index (χ4n) is 3.91. The van der Waals surface area contributed by atoms with E-state index in [-0.39, 0.29) is 36.1 Å². The van der Waals surface area contributed by atoms with Crippen LogP contribution in [-0.2, 0) is 11.0 Å². The lowest BCUT2D eigenvalue weighted by atomic mass is 9.91. The summed E-state index contributed by atoms with van der Waals surface area (Å²) in [6, 6.07) is 4.88. The van der Waals surface area contributed by atoms with Crippen LogP contribution in [0.2, 0.25) is 0 Å². The largest absolute Gasteiger partial charge is 0.490 e.